The first kappa shape index (κ1) is 19.7. The number of benzene rings is 2. The average molecular weight is 411 g/mol. The van der Waals surface area contributed by atoms with E-state index in [1.54, 1.807) is 0 Å². The summed E-state index contributed by atoms with van der Waals surface area (Å²) in [5, 5.41) is 2.32. The second kappa shape index (κ2) is 7.34. The van der Waals surface area contributed by atoms with Crippen LogP contribution in [0.4, 0.5) is 5.69 Å². The van der Waals surface area contributed by atoms with Crippen LogP contribution in [0, 0.1) is 13.8 Å². The van der Waals surface area contributed by atoms with Crippen LogP contribution in [0.3, 0.4) is 0 Å². The van der Waals surface area contributed by atoms with Crippen molar-refractivity contribution in [2.45, 2.75) is 26.3 Å². The standard InChI is InChI=1S/C23H26N2O3S/c1-16-12-22(17(2)25(16)21-10-11-29(27,28)15-21)23(26)14-24(3)20-9-8-18-6-4-5-7-19(18)13-20/h4-9,12-13,21H,10-11,14-15H2,1-3H3/t21-/m0/s1. The van der Waals surface area contributed by atoms with Gasteiger partial charge in [-0.05, 0) is 49.2 Å². The Bertz CT molecular complexity index is 1190. The van der Waals surface area contributed by atoms with E-state index < -0.39 is 9.84 Å². The summed E-state index contributed by atoms with van der Waals surface area (Å²) in [6.07, 6.45) is 0.614. The lowest BCUT2D eigenvalue weighted by Gasteiger charge is -2.19. The third kappa shape index (κ3) is 3.81. The van der Waals surface area contributed by atoms with E-state index >= 15 is 0 Å². The van der Waals surface area contributed by atoms with Gasteiger partial charge in [-0.25, -0.2) is 8.42 Å². The molecule has 0 amide bonds. The van der Waals surface area contributed by atoms with Crippen molar-refractivity contribution >= 4 is 32.1 Å². The van der Waals surface area contributed by atoms with Crippen molar-refractivity contribution in [3.05, 3.63) is 65.5 Å². The van der Waals surface area contributed by atoms with Crippen molar-refractivity contribution in [1.29, 1.82) is 0 Å². The van der Waals surface area contributed by atoms with Crippen LogP contribution >= 0.6 is 0 Å². The fourth-order valence-corrected chi connectivity index (χ4v) is 6.11. The number of Topliss-reactive ketones (excluding diaryl/α,β-unsaturated/α-hetero) is 1. The van der Waals surface area contributed by atoms with Crippen LogP contribution in [0.1, 0.15) is 34.2 Å². The fourth-order valence-electron chi connectivity index (χ4n) is 4.41. The molecule has 2 aromatic carbocycles. The average Bonchev–Trinajstić information content (AvgIpc) is 3.19. The number of ketones is 1. The molecule has 0 N–H and O–H groups in total. The summed E-state index contributed by atoms with van der Waals surface area (Å²) < 4.78 is 25.8. The summed E-state index contributed by atoms with van der Waals surface area (Å²) in [6, 6.07) is 16.2. The molecule has 2 heterocycles. The van der Waals surface area contributed by atoms with E-state index in [1.165, 1.54) is 5.39 Å². The Hall–Kier alpha value is -2.60. The van der Waals surface area contributed by atoms with Gasteiger partial charge < -0.3 is 9.47 Å². The largest absolute Gasteiger partial charge is 0.367 e. The van der Waals surface area contributed by atoms with Crippen molar-refractivity contribution in [2.24, 2.45) is 0 Å². The van der Waals surface area contributed by atoms with Crippen molar-refractivity contribution < 1.29 is 13.2 Å². The monoisotopic (exact) mass is 410 g/mol. The van der Waals surface area contributed by atoms with E-state index in [0.717, 1.165) is 22.5 Å². The van der Waals surface area contributed by atoms with Crippen LogP contribution in [-0.2, 0) is 9.84 Å². The van der Waals surface area contributed by atoms with Crippen molar-refractivity contribution in [2.75, 3.05) is 30.0 Å². The molecule has 29 heavy (non-hydrogen) atoms. The minimum atomic E-state index is -2.98. The van der Waals surface area contributed by atoms with Crippen molar-refractivity contribution in [3.8, 4) is 0 Å². The number of sulfone groups is 1. The highest BCUT2D eigenvalue weighted by atomic mass is 32.2. The third-order valence-electron chi connectivity index (χ3n) is 5.91. The van der Waals surface area contributed by atoms with E-state index in [0.29, 0.717) is 12.0 Å². The molecular weight excluding hydrogens is 384 g/mol. The number of carbonyl (C=O) groups excluding carboxylic acids is 1. The molecule has 3 aromatic rings. The number of aromatic nitrogens is 1. The lowest BCUT2D eigenvalue weighted by molar-refractivity contribution is 0.0999. The van der Waals surface area contributed by atoms with Gasteiger partial charge in [0.2, 0.25) is 0 Å². The number of aryl methyl sites for hydroxylation is 1. The Morgan fingerprint density at radius 2 is 1.83 bits per heavy atom. The number of likely N-dealkylation sites (N-methyl/N-ethyl adjacent to an activating group) is 1. The lowest BCUT2D eigenvalue weighted by atomic mass is 10.1. The van der Waals surface area contributed by atoms with Crippen molar-refractivity contribution in [3.63, 3.8) is 0 Å². The summed E-state index contributed by atoms with van der Waals surface area (Å²) in [7, 11) is -1.05. The van der Waals surface area contributed by atoms with Crippen molar-refractivity contribution in [1.82, 2.24) is 4.57 Å². The molecule has 152 valence electrons. The molecule has 0 bridgehead atoms. The maximum Gasteiger partial charge on any atom is 0.183 e. The van der Waals surface area contributed by atoms with Crippen LogP contribution < -0.4 is 4.90 Å². The fraction of sp³-hybridized carbons (Fsp3) is 0.348. The van der Waals surface area contributed by atoms with Gasteiger partial charge in [0.25, 0.3) is 0 Å². The predicted molar refractivity (Wildman–Crippen MR) is 118 cm³/mol. The zero-order valence-corrected chi connectivity index (χ0v) is 17.9. The number of nitrogens with zero attached hydrogens (tertiary/aromatic N) is 2. The second-order valence-electron chi connectivity index (χ2n) is 8.02. The highest BCUT2D eigenvalue weighted by Gasteiger charge is 2.31. The van der Waals surface area contributed by atoms with E-state index in [-0.39, 0.29) is 29.9 Å². The zero-order valence-electron chi connectivity index (χ0n) is 17.1. The first-order valence-corrected chi connectivity index (χ1v) is 11.7. The summed E-state index contributed by atoms with van der Waals surface area (Å²) in [5.74, 6) is 0.428. The molecule has 1 atom stereocenters. The molecule has 0 aliphatic carbocycles. The van der Waals surface area contributed by atoms with Gasteiger partial charge in [-0.1, -0.05) is 30.3 Å². The lowest BCUT2D eigenvalue weighted by Crippen LogP contribution is -2.26. The van der Waals surface area contributed by atoms with E-state index in [9.17, 15) is 13.2 Å². The Morgan fingerprint density at radius 1 is 1.10 bits per heavy atom. The Labute approximate surface area is 171 Å². The van der Waals surface area contributed by atoms with Gasteiger partial charge in [-0.3, -0.25) is 4.79 Å². The Kier molecular flexibility index (Phi) is 4.99. The van der Waals surface area contributed by atoms with Crippen LogP contribution in [0.25, 0.3) is 10.8 Å². The molecule has 0 radical (unpaired) electrons. The van der Waals surface area contributed by atoms with Crippen LogP contribution in [0.2, 0.25) is 0 Å². The maximum atomic E-state index is 13.0. The number of rotatable bonds is 5. The normalized spacial score (nSPS) is 18.2. The SMILES string of the molecule is Cc1cc(C(=O)CN(C)c2ccc3ccccc3c2)c(C)n1[C@H]1CCS(=O)(=O)C1. The highest BCUT2D eigenvalue weighted by Crippen LogP contribution is 2.29. The summed E-state index contributed by atoms with van der Waals surface area (Å²) >= 11 is 0. The molecule has 5 nitrogen and oxygen atoms in total. The number of anilines is 1. The molecule has 0 unspecified atom stereocenters. The van der Waals surface area contributed by atoms with Gasteiger partial charge in [-0.15, -0.1) is 0 Å². The molecule has 1 aliphatic rings. The number of hydrogen-bond donors (Lipinski definition) is 0. The first-order chi connectivity index (χ1) is 13.7. The molecule has 1 fully saturated rings. The van der Waals surface area contributed by atoms with Crippen LogP contribution in [-0.4, -0.2) is 43.9 Å². The van der Waals surface area contributed by atoms with Gasteiger partial charge in [-0.2, -0.15) is 0 Å². The zero-order chi connectivity index (χ0) is 20.8. The molecule has 1 saturated heterocycles. The number of carbonyl (C=O) groups is 1. The molecule has 0 saturated carbocycles. The molecular formula is C23H26N2O3S. The van der Waals surface area contributed by atoms with Crippen LogP contribution in [0.15, 0.2) is 48.5 Å². The van der Waals surface area contributed by atoms with E-state index in [2.05, 4.69) is 24.3 Å². The maximum absolute atomic E-state index is 13.0. The second-order valence-corrected chi connectivity index (χ2v) is 10.3. The smallest absolute Gasteiger partial charge is 0.183 e. The van der Waals surface area contributed by atoms with Gasteiger partial charge in [0.15, 0.2) is 15.6 Å². The third-order valence-corrected chi connectivity index (χ3v) is 7.66. The molecule has 0 spiro atoms. The summed E-state index contributed by atoms with van der Waals surface area (Å²) in [4.78, 5) is 15.0. The Morgan fingerprint density at radius 3 is 2.52 bits per heavy atom. The summed E-state index contributed by atoms with van der Waals surface area (Å²) in [6.45, 7) is 4.13. The van der Waals surface area contributed by atoms with Gasteiger partial charge in [0.05, 0.1) is 18.1 Å². The quantitative estimate of drug-likeness (QED) is 0.598. The van der Waals surface area contributed by atoms with E-state index in [4.69, 9.17) is 0 Å². The Balaban J connectivity index is 1.56. The minimum Gasteiger partial charge on any atom is -0.367 e. The molecule has 1 aromatic heterocycles. The number of fused-ring (bicyclic) bond motifs is 1. The molecule has 1 aliphatic heterocycles. The first-order valence-electron chi connectivity index (χ1n) is 9.87. The topological polar surface area (TPSA) is 59.4 Å². The van der Waals surface area contributed by atoms with Gasteiger partial charge >= 0.3 is 0 Å². The predicted octanol–water partition coefficient (Wildman–Crippen LogP) is 3.94. The number of hydrogen-bond acceptors (Lipinski definition) is 4. The van der Waals surface area contributed by atoms with Gasteiger partial charge in [0.1, 0.15) is 0 Å². The highest BCUT2D eigenvalue weighted by molar-refractivity contribution is 7.91. The minimum absolute atomic E-state index is 0.0425. The summed E-state index contributed by atoms with van der Waals surface area (Å²) in [5.41, 5.74) is 3.48. The molecule has 6 heteroatoms. The van der Waals surface area contributed by atoms with Gasteiger partial charge in [0, 0.05) is 35.7 Å². The van der Waals surface area contributed by atoms with E-state index in [1.807, 2.05) is 54.6 Å². The molecule has 4 rings (SSSR count). The van der Waals surface area contributed by atoms with Crippen LogP contribution in [0.5, 0.6) is 0 Å².